The lowest BCUT2D eigenvalue weighted by Gasteiger charge is -2.20. The van der Waals surface area contributed by atoms with Gasteiger partial charge in [0.1, 0.15) is 12.7 Å². The lowest BCUT2D eigenvalue weighted by atomic mass is 10.0. The number of rotatable bonds is 45. The fraction of sp³-hybridized carbons (Fsp3) is 0.792. The Labute approximate surface area is 391 Å². The van der Waals surface area contributed by atoms with E-state index < -0.39 is 78.4 Å². The molecule has 380 valence electrons. The maximum Gasteiger partial charge on any atom is 0.472 e. The minimum Gasteiger partial charge on any atom is -0.462 e. The number of aliphatic hydroxyl groups excluding tert-OH is 3. The highest BCUT2D eigenvalue weighted by Gasteiger charge is 2.28. The van der Waals surface area contributed by atoms with Crippen LogP contribution in [0.5, 0.6) is 0 Å². The topological polar surface area (TPSA) is 236 Å². The van der Waals surface area contributed by atoms with Crippen LogP contribution in [0.3, 0.4) is 0 Å². The molecule has 0 rings (SSSR count). The number of allylic oxidation sites excluding steroid dienone is 7. The van der Waals surface area contributed by atoms with E-state index in [9.17, 15) is 38.9 Å². The molecule has 0 aliphatic rings. The monoisotopic (exact) mass is 967 g/mol. The Morgan fingerprint density at radius 3 is 1.46 bits per heavy atom. The average Bonchev–Trinajstić information content (AvgIpc) is 3.25. The summed E-state index contributed by atoms with van der Waals surface area (Å²) < 4.78 is 47.7. The summed E-state index contributed by atoms with van der Waals surface area (Å²) in [6.07, 6.45) is 35.6. The number of unbranched alkanes of at least 4 members (excludes halogenated alkanes) is 15. The number of carbonyl (C=O) groups is 2. The van der Waals surface area contributed by atoms with Crippen molar-refractivity contribution in [1.29, 1.82) is 0 Å². The van der Waals surface area contributed by atoms with Gasteiger partial charge in [-0.3, -0.25) is 23.2 Å². The van der Waals surface area contributed by atoms with E-state index in [0.29, 0.717) is 12.8 Å². The van der Waals surface area contributed by atoms with E-state index in [1.54, 1.807) is 6.08 Å². The summed E-state index contributed by atoms with van der Waals surface area (Å²) in [4.78, 5) is 52.9. The first-order chi connectivity index (χ1) is 31.0. The quantitative estimate of drug-likeness (QED) is 0.0144. The summed E-state index contributed by atoms with van der Waals surface area (Å²) in [7, 11) is -9.78. The zero-order valence-electron chi connectivity index (χ0n) is 40.0. The van der Waals surface area contributed by atoms with E-state index in [1.165, 1.54) is 77.0 Å². The third kappa shape index (κ3) is 45.6. The summed E-state index contributed by atoms with van der Waals surface area (Å²) in [5, 5.41) is 30.5. The van der Waals surface area contributed by atoms with Crippen molar-refractivity contribution < 1.29 is 71.8 Å². The normalized spacial score (nSPS) is 15.4. The maximum absolute atomic E-state index is 12.7. The molecule has 0 aliphatic carbocycles. The van der Waals surface area contributed by atoms with E-state index in [1.807, 2.05) is 12.2 Å². The first-order valence-electron chi connectivity index (χ1n) is 24.4. The van der Waals surface area contributed by atoms with Crippen LogP contribution in [0.25, 0.3) is 0 Å². The standard InChI is InChI=1S/C48H88O15P2/c1-4-5-6-7-8-9-10-18-21-24-27-30-34-45(50)46(51)35-32-37-47(52)59-40-44(41-62-65(57,58)61-39-43(49)38-60-64(54,55)56)63-48(53)36-31-28-25-22-19-16-14-12-11-13-15-17-20-23-26-29-33-42(2)3/h5-6,8-9,18,21,27,30,42-46,49-51H,4,7,10-17,19-20,22-26,28-29,31-41H2,1-3H3,(H,57,58)(H2,54,55,56)/b6-5-,9-8-,21-18-,30-27-/t43-,44+,45-,46-/m0/s1. The van der Waals surface area contributed by atoms with Crippen molar-refractivity contribution in [2.45, 2.75) is 212 Å². The molecule has 15 nitrogen and oxygen atoms in total. The van der Waals surface area contributed by atoms with E-state index in [4.69, 9.17) is 23.8 Å². The van der Waals surface area contributed by atoms with Crippen LogP contribution in [0.2, 0.25) is 0 Å². The SMILES string of the molecule is CC/C=C\C/C=C\C/C=C\C/C=C\C[C@H](O)[C@@H](O)CCCC(=O)OC[C@H](COP(=O)(O)OC[C@@H](O)COP(=O)(O)O)OC(=O)CCCCCCCCCCCCCCCCCCC(C)C. The van der Waals surface area contributed by atoms with Gasteiger partial charge in [0.25, 0.3) is 0 Å². The Morgan fingerprint density at radius 2 is 0.954 bits per heavy atom. The first-order valence-corrected chi connectivity index (χ1v) is 27.4. The molecule has 0 heterocycles. The zero-order valence-corrected chi connectivity index (χ0v) is 41.8. The summed E-state index contributed by atoms with van der Waals surface area (Å²) in [5.41, 5.74) is 0. The van der Waals surface area contributed by atoms with Gasteiger partial charge >= 0.3 is 27.6 Å². The van der Waals surface area contributed by atoms with Crippen molar-refractivity contribution in [3.8, 4) is 0 Å². The Morgan fingerprint density at radius 1 is 0.508 bits per heavy atom. The highest BCUT2D eigenvalue weighted by Crippen LogP contribution is 2.44. The van der Waals surface area contributed by atoms with Crippen LogP contribution in [0.15, 0.2) is 48.6 Å². The van der Waals surface area contributed by atoms with Gasteiger partial charge in [-0.25, -0.2) is 9.13 Å². The van der Waals surface area contributed by atoms with Crippen molar-refractivity contribution in [1.82, 2.24) is 0 Å². The molecule has 0 aromatic heterocycles. The number of aliphatic hydroxyl groups is 3. The number of esters is 2. The van der Waals surface area contributed by atoms with Crippen LogP contribution >= 0.6 is 15.6 Å². The van der Waals surface area contributed by atoms with Crippen molar-refractivity contribution in [2.75, 3.05) is 26.4 Å². The molecule has 1 unspecified atom stereocenters. The number of phosphoric acid groups is 2. The minimum atomic E-state index is -4.90. The second kappa shape index (κ2) is 42.1. The summed E-state index contributed by atoms with van der Waals surface area (Å²) in [6.45, 7) is 3.67. The first kappa shape index (κ1) is 63.0. The van der Waals surface area contributed by atoms with Gasteiger partial charge in [0.2, 0.25) is 0 Å². The van der Waals surface area contributed by atoms with Gasteiger partial charge in [0.05, 0.1) is 32.0 Å². The lowest BCUT2D eigenvalue weighted by Crippen LogP contribution is -2.30. The smallest absolute Gasteiger partial charge is 0.462 e. The number of hydrogen-bond acceptors (Lipinski definition) is 12. The fourth-order valence-corrected chi connectivity index (χ4v) is 7.72. The number of ether oxygens (including phenoxy) is 2. The Kier molecular flexibility index (Phi) is 40.8. The molecule has 0 fully saturated rings. The van der Waals surface area contributed by atoms with Crippen LogP contribution in [-0.4, -0.2) is 92.8 Å². The maximum atomic E-state index is 12.7. The Bertz CT molecular complexity index is 1380. The van der Waals surface area contributed by atoms with Crippen molar-refractivity contribution in [2.24, 2.45) is 5.92 Å². The highest BCUT2D eigenvalue weighted by molar-refractivity contribution is 7.47. The van der Waals surface area contributed by atoms with Gasteiger partial charge in [-0.2, -0.15) is 0 Å². The van der Waals surface area contributed by atoms with Crippen LogP contribution in [0, 0.1) is 5.92 Å². The third-order valence-electron chi connectivity index (χ3n) is 10.4. The molecule has 0 saturated heterocycles. The van der Waals surface area contributed by atoms with Crippen LogP contribution < -0.4 is 0 Å². The van der Waals surface area contributed by atoms with Crippen LogP contribution in [-0.2, 0) is 41.8 Å². The molecule has 0 saturated carbocycles. The zero-order chi connectivity index (χ0) is 48.4. The lowest BCUT2D eigenvalue weighted by molar-refractivity contribution is -0.161. The second-order valence-electron chi connectivity index (χ2n) is 17.1. The molecule has 0 aromatic carbocycles. The summed E-state index contributed by atoms with van der Waals surface area (Å²) >= 11 is 0. The van der Waals surface area contributed by atoms with Gasteiger partial charge < -0.3 is 39.5 Å². The van der Waals surface area contributed by atoms with Crippen molar-refractivity contribution in [3.63, 3.8) is 0 Å². The average molecular weight is 967 g/mol. The Hall–Kier alpha value is -2.00. The van der Waals surface area contributed by atoms with Gasteiger partial charge in [-0.15, -0.1) is 0 Å². The molecule has 6 N–H and O–H groups in total. The molecule has 0 spiro atoms. The number of carbonyl (C=O) groups excluding carboxylic acids is 2. The van der Waals surface area contributed by atoms with Gasteiger partial charge in [0.15, 0.2) is 6.10 Å². The molecule has 0 radical (unpaired) electrons. The summed E-state index contributed by atoms with van der Waals surface area (Å²) in [5.74, 6) is -0.504. The molecule has 0 aromatic rings. The molecular weight excluding hydrogens is 878 g/mol. The van der Waals surface area contributed by atoms with E-state index in [-0.39, 0.29) is 32.1 Å². The minimum absolute atomic E-state index is 0.0720. The van der Waals surface area contributed by atoms with E-state index >= 15 is 0 Å². The molecule has 17 heteroatoms. The predicted octanol–water partition coefficient (Wildman–Crippen LogP) is 10.8. The van der Waals surface area contributed by atoms with Gasteiger partial charge in [-0.05, 0) is 57.3 Å². The highest BCUT2D eigenvalue weighted by atomic mass is 31.2. The molecule has 5 atom stereocenters. The molecule has 0 amide bonds. The predicted molar refractivity (Wildman–Crippen MR) is 256 cm³/mol. The molecule has 0 bridgehead atoms. The van der Waals surface area contributed by atoms with Gasteiger partial charge in [0, 0.05) is 12.8 Å². The van der Waals surface area contributed by atoms with Crippen molar-refractivity contribution in [3.05, 3.63) is 48.6 Å². The third-order valence-corrected chi connectivity index (χ3v) is 11.8. The molecular formula is C48H88O15P2. The second-order valence-corrected chi connectivity index (χ2v) is 19.8. The Balaban J connectivity index is 4.64. The summed E-state index contributed by atoms with van der Waals surface area (Å²) in [6, 6.07) is 0. The van der Waals surface area contributed by atoms with Crippen LogP contribution in [0.4, 0.5) is 0 Å². The molecule has 0 aliphatic heterocycles. The van der Waals surface area contributed by atoms with E-state index in [0.717, 1.165) is 50.9 Å². The van der Waals surface area contributed by atoms with E-state index in [2.05, 4.69) is 60.2 Å². The fourth-order valence-electron chi connectivity index (χ4n) is 6.56. The largest absolute Gasteiger partial charge is 0.472 e. The number of phosphoric ester groups is 2. The van der Waals surface area contributed by atoms with Gasteiger partial charge in [-0.1, -0.05) is 172 Å². The number of hydrogen-bond donors (Lipinski definition) is 6. The van der Waals surface area contributed by atoms with Crippen LogP contribution in [0.1, 0.15) is 188 Å². The van der Waals surface area contributed by atoms with Crippen molar-refractivity contribution >= 4 is 27.6 Å². The molecule has 65 heavy (non-hydrogen) atoms.